The number of amides is 5. The van der Waals surface area contributed by atoms with Crippen molar-refractivity contribution < 1.29 is 33.9 Å². The van der Waals surface area contributed by atoms with Crippen molar-refractivity contribution in [3.63, 3.8) is 0 Å². The van der Waals surface area contributed by atoms with E-state index in [2.05, 4.69) is 21.3 Å². The van der Waals surface area contributed by atoms with Crippen LogP contribution in [-0.2, 0) is 30.4 Å². The van der Waals surface area contributed by atoms with Crippen LogP contribution in [0.4, 0.5) is 0 Å². The lowest BCUT2D eigenvalue weighted by atomic mass is 9.94. The number of unbranched alkanes of at least 4 members (excludes halogenated alkanes) is 2. The van der Waals surface area contributed by atoms with Crippen molar-refractivity contribution in [1.29, 1.82) is 0 Å². The average Bonchev–Trinajstić information content (AvgIpc) is 3.49. The van der Waals surface area contributed by atoms with Crippen LogP contribution in [-0.4, -0.2) is 88.7 Å². The summed E-state index contributed by atoms with van der Waals surface area (Å²) in [4.78, 5) is 79.6. The topological polar surface area (TPSA) is 174 Å². The number of aliphatic hydroxyl groups excluding tert-OH is 1. The number of nitrogens with one attached hydrogen (secondary N) is 4. The van der Waals surface area contributed by atoms with Gasteiger partial charge in [0.05, 0.1) is 0 Å². The number of hydrogen-bond acceptors (Lipinski definition) is 7. The molecule has 12 heteroatoms. The fourth-order valence-electron chi connectivity index (χ4n) is 5.43. The number of aliphatic hydroxyl groups is 1. The van der Waals surface area contributed by atoms with Gasteiger partial charge in [-0.05, 0) is 63.6 Å². The molecule has 2 heterocycles. The van der Waals surface area contributed by atoms with Crippen molar-refractivity contribution >= 4 is 35.3 Å². The molecule has 1 aromatic rings. The van der Waals surface area contributed by atoms with E-state index < -0.39 is 47.5 Å². The molecule has 0 spiro atoms. The van der Waals surface area contributed by atoms with Crippen LogP contribution >= 0.6 is 0 Å². The van der Waals surface area contributed by atoms with Gasteiger partial charge in [0.25, 0.3) is 5.91 Å². The van der Waals surface area contributed by atoms with Crippen LogP contribution in [0.5, 0.6) is 0 Å². The highest BCUT2D eigenvalue weighted by atomic mass is 16.3. The highest BCUT2D eigenvalue weighted by Crippen LogP contribution is 2.22. The lowest BCUT2D eigenvalue weighted by molar-refractivity contribution is -0.144. The molecule has 2 aliphatic heterocycles. The predicted octanol–water partition coefficient (Wildman–Crippen LogP) is 0.748. The molecule has 0 saturated carbocycles. The Bertz CT molecular complexity index is 1200. The van der Waals surface area contributed by atoms with Gasteiger partial charge in [-0.15, -0.1) is 0 Å². The summed E-state index contributed by atoms with van der Waals surface area (Å²) in [6, 6.07) is 4.03. The minimum atomic E-state index is -1.35. The molecule has 0 aromatic heterocycles. The first kappa shape index (κ1) is 33.7. The highest BCUT2D eigenvalue weighted by molar-refractivity contribution is 5.99. The van der Waals surface area contributed by atoms with Gasteiger partial charge in [-0.3, -0.25) is 28.8 Å². The third-order valence-electron chi connectivity index (χ3n) is 8.45. The maximum Gasteiger partial charge on any atom is 0.251 e. The van der Waals surface area contributed by atoms with Crippen molar-refractivity contribution in [3.05, 3.63) is 35.4 Å². The number of carbonyl (C=O) groups is 6. The van der Waals surface area contributed by atoms with Crippen LogP contribution in [0.3, 0.4) is 0 Å². The Hall–Kier alpha value is -3.80. The predicted molar refractivity (Wildman–Crippen MR) is 159 cm³/mol. The summed E-state index contributed by atoms with van der Waals surface area (Å²) in [5, 5.41) is 20.5. The summed E-state index contributed by atoms with van der Waals surface area (Å²) in [5.74, 6) is -2.30. The molecule has 12 nitrogen and oxygen atoms in total. The molecule has 5 amide bonds. The van der Waals surface area contributed by atoms with E-state index in [0.29, 0.717) is 44.2 Å². The Kier molecular flexibility index (Phi) is 11.8. The molecule has 2 saturated heterocycles. The van der Waals surface area contributed by atoms with E-state index >= 15 is 0 Å². The van der Waals surface area contributed by atoms with E-state index in [-0.39, 0.29) is 43.3 Å². The number of hydrogen-bond donors (Lipinski definition) is 5. The molecule has 3 rings (SSSR count). The third-order valence-corrected chi connectivity index (χ3v) is 8.45. The minimum absolute atomic E-state index is 0.136. The van der Waals surface area contributed by atoms with Crippen molar-refractivity contribution in [2.45, 2.75) is 108 Å². The van der Waals surface area contributed by atoms with Crippen molar-refractivity contribution in [1.82, 2.24) is 26.2 Å². The molecule has 0 unspecified atom stereocenters. The Morgan fingerprint density at radius 2 is 1.74 bits per heavy atom. The van der Waals surface area contributed by atoms with E-state index in [0.717, 1.165) is 5.56 Å². The maximum atomic E-state index is 13.9. The summed E-state index contributed by atoms with van der Waals surface area (Å²) in [7, 11) is 1.54. The largest absolute Gasteiger partial charge is 0.386 e. The minimum Gasteiger partial charge on any atom is -0.386 e. The van der Waals surface area contributed by atoms with Gasteiger partial charge in [-0.2, -0.15) is 0 Å². The number of rotatable bonds is 11. The quantitative estimate of drug-likeness (QED) is 0.233. The van der Waals surface area contributed by atoms with Gasteiger partial charge < -0.3 is 31.3 Å². The lowest BCUT2D eigenvalue weighted by Gasteiger charge is -2.36. The van der Waals surface area contributed by atoms with E-state index in [1.54, 1.807) is 38.1 Å². The average molecular weight is 600 g/mol. The SMILES string of the molecule is CC[C@]1(C)NC(=O)[C@H](CCCCCC(=O)[C@@H](C)O)NC(=O)[C@H]2CCCN2C(=O)[C@H](Cc2ccc(C(=O)NC)cc2)NC1=O. The number of fused-ring (bicyclic) bond motifs is 1. The molecule has 0 radical (unpaired) electrons. The molecule has 2 fully saturated rings. The highest BCUT2D eigenvalue weighted by Gasteiger charge is 2.43. The van der Waals surface area contributed by atoms with Crippen molar-refractivity contribution in [2.24, 2.45) is 0 Å². The van der Waals surface area contributed by atoms with Crippen LogP contribution in [0, 0.1) is 0 Å². The smallest absolute Gasteiger partial charge is 0.251 e. The second-order valence-corrected chi connectivity index (χ2v) is 11.7. The zero-order valence-electron chi connectivity index (χ0n) is 25.5. The van der Waals surface area contributed by atoms with E-state index in [9.17, 15) is 33.9 Å². The van der Waals surface area contributed by atoms with Crippen LogP contribution in [0.1, 0.15) is 88.1 Å². The molecule has 236 valence electrons. The summed E-state index contributed by atoms with van der Waals surface area (Å²) < 4.78 is 0. The van der Waals surface area contributed by atoms with Crippen molar-refractivity contribution in [2.75, 3.05) is 13.6 Å². The number of nitrogens with zero attached hydrogens (tertiary/aromatic N) is 1. The summed E-state index contributed by atoms with van der Waals surface area (Å²) >= 11 is 0. The lowest BCUT2D eigenvalue weighted by Crippen LogP contribution is -2.65. The summed E-state index contributed by atoms with van der Waals surface area (Å²) in [6.07, 6.45) is 2.61. The molecule has 43 heavy (non-hydrogen) atoms. The van der Waals surface area contributed by atoms with E-state index in [4.69, 9.17) is 0 Å². The van der Waals surface area contributed by atoms with E-state index in [1.807, 2.05) is 0 Å². The molecule has 2 aliphatic rings. The first-order chi connectivity index (χ1) is 20.4. The molecule has 1 aromatic carbocycles. The number of carbonyl (C=O) groups excluding carboxylic acids is 6. The molecule has 0 aliphatic carbocycles. The van der Waals surface area contributed by atoms with Gasteiger partial charge in [-0.1, -0.05) is 31.9 Å². The zero-order chi connectivity index (χ0) is 31.7. The third kappa shape index (κ3) is 8.62. The van der Waals surface area contributed by atoms with E-state index in [1.165, 1.54) is 18.9 Å². The Balaban J connectivity index is 1.83. The molecular formula is C31H45N5O7. The first-order valence-electron chi connectivity index (χ1n) is 15.2. The second kappa shape index (κ2) is 15.1. The van der Waals surface area contributed by atoms with Gasteiger partial charge in [0.15, 0.2) is 5.78 Å². The normalized spacial score (nSPS) is 25.4. The Labute approximate surface area is 252 Å². The first-order valence-corrected chi connectivity index (χ1v) is 15.2. The van der Waals surface area contributed by atoms with Crippen molar-refractivity contribution in [3.8, 4) is 0 Å². The fourth-order valence-corrected chi connectivity index (χ4v) is 5.43. The van der Waals surface area contributed by atoms with Crippen LogP contribution in [0.2, 0.25) is 0 Å². The van der Waals surface area contributed by atoms with Crippen LogP contribution in [0.15, 0.2) is 24.3 Å². The van der Waals surface area contributed by atoms with Gasteiger partial charge >= 0.3 is 0 Å². The fraction of sp³-hybridized carbons (Fsp3) is 0.613. The number of Topliss-reactive ketones (excluding diaryl/α,β-unsaturated/α-hetero) is 1. The van der Waals surface area contributed by atoms with Gasteiger partial charge in [0.2, 0.25) is 23.6 Å². The molecule has 5 atom stereocenters. The van der Waals surface area contributed by atoms with Gasteiger partial charge in [-0.25, -0.2) is 0 Å². The second-order valence-electron chi connectivity index (χ2n) is 11.7. The van der Waals surface area contributed by atoms with Crippen LogP contribution in [0.25, 0.3) is 0 Å². The van der Waals surface area contributed by atoms with Gasteiger partial charge in [0, 0.05) is 32.0 Å². The standard InChI is InChI=1S/C31H45N5O7/c1-5-31(3)30(43)34-23(18-20-13-15-21(16-14-20)26(39)32-4)29(42)36-17-9-11-24(36)28(41)33-22(27(40)35-31)10-7-6-8-12-25(38)19(2)37/h13-16,19,22-24,37H,5-12,17-18H2,1-4H3,(H,32,39)(H,33,41)(H,34,43)(H,35,40)/t19-,22+,23+,24-,31+/m1/s1. The molecule has 0 bridgehead atoms. The Morgan fingerprint density at radius 3 is 2.37 bits per heavy atom. The number of ketones is 1. The monoisotopic (exact) mass is 599 g/mol. The molecular weight excluding hydrogens is 554 g/mol. The Morgan fingerprint density at radius 1 is 1.05 bits per heavy atom. The number of benzene rings is 1. The summed E-state index contributed by atoms with van der Waals surface area (Å²) in [5.41, 5.74) is -0.175. The van der Waals surface area contributed by atoms with Crippen LogP contribution < -0.4 is 21.3 Å². The zero-order valence-corrected chi connectivity index (χ0v) is 25.5. The summed E-state index contributed by atoms with van der Waals surface area (Å²) in [6.45, 7) is 5.12. The maximum absolute atomic E-state index is 13.9. The van der Waals surface area contributed by atoms with Gasteiger partial charge in [0.1, 0.15) is 29.8 Å². The molecule has 5 N–H and O–H groups in total.